The van der Waals surface area contributed by atoms with E-state index in [9.17, 15) is 19.2 Å². The van der Waals surface area contributed by atoms with Crippen LogP contribution in [-0.2, 0) is 9.59 Å². The smallest absolute Gasteiger partial charge is 0.412 e. The monoisotopic (exact) mass is 636 g/mol. The average Bonchev–Trinajstić information content (AvgIpc) is 3.05. The van der Waals surface area contributed by atoms with Gasteiger partial charge in [-0.3, -0.25) is 0 Å². The second-order valence-electron chi connectivity index (χ2n) is 9.37. The second kappa shape index (κ2) is 29.8. The molecule has 2 amide bonds. The lowest BCUT2D eigenvalue weighted by Crippen LogP contribution is -2.28. The zero-order valence-electron chi connectivity index (χ0n) is 25.4. The summed E-state index contributed by atoms with van der Waals surface area (Å²) in [5.74, 6) is 1.37. The summed E-state index contributed by atoms with van der Waals surface area (Å²) in [6, 6.07) is 26.6. The fourth-order valence-electron chi connectivity index (χ4n) is 3.50. The van der Waals surface area contributed by atoms with Crippen LogP contribution in [0.25, 0.3) is 0 Å². The van der Waals surface area contributed by atoms with E-state index in [1.807, 2.05) is 42.5 Å². The van der Waals surface area contributed by atoms with Crippen LogP contribution in [0.2, 0.25) is 0 Å². The van der Waals surface area contributed by atoms with E-state index in [0.717, 1.165) is 51.4 Å². The third-order valence-electron chi connectivity index (χ3n) is 5.72. The van der Waals surface area contributed by atoms with Crippen molar-refractivity contribution in [3.8, 4) is 17.2 Å². The number of aromatic hydroxyl groups is 1. The third kappa shape index (κ3) is 25.3. The van der Waals surface area contributed by atoms with Crippen LogP contribution in [0.3, 0.4) is 0 Å². The number of ether oxygens (including phenoxy) is 2. The van der Waals surface area contributed by atoms with Crippen molar-refractivity contribution in [3.05, 3.63) is 91.0 Å². The van der Waals surface area contributed by atoms with Crippen molar-refractivity contribution in [3.63, 3.8) is 0 Å². The number of phenols is 1. The summed E-state index contributed by atoms with van der Waals surface area (Å²) in [7, 11) is 0. The fourth-order valence-corrected chi connectivity index (χ4v) is 3.50. The zero-order chi connectivity index (χ0) is 32.6. The Kier molecular flexibility index (Phi) is 26.4. The average molecular weight is 637 g/mol. The number of hydrogen-bond acceptors (Lipinski definition) is 9. The number of carbonyl (C=O) groups is 2. The molecule has 0 aliphatic rings. The molecule has 46 heavy (non-hydrogen) atoms. The van der Waals surface area contributed by atoms with Gasteiger partial charge in [0.25, 0.3) is 0 Å². The summed E-state index contributed by atoms with van der Waals surface area (Å²) in [5, 5.41) is 14.1. The molecule has 0 aliphatic carbocycles. The van der Waals surface area contributed by atoms with E-state index in [-0.39, 0.29) is 8.85 Å². The number of nitrogens with one attached hydrogen (secondary N) is 2. The number of carbonyl (C=O) groups excluding carboxylic acids is 4. The normalized spacial score (nSPS) is 9.13. The molecule has 3 aromatic carbocycles. The molecular formula is C35H48N4O7. The van der Waals surface area contributed by atoms with Gasteiger partial charge in [-0.25, -0.2) is 29.2 Å². The number of unbranched alkanes of at least 4 members (excludes halogenated alkanes) is 6. The Labute approximate surface area is 273 Å². The Morgan fingerprint density at radius 1 is 0.587 bits per heavy atom. The topological polar surface area (TPSA) is 156 Å². The first-order valence-corrected chi connectivity index (χ1v) is 14.9. The summed E-state index contributed by atoms with van der Waals surface area (Å²) in [6.07, 6.45) is 9.55. The van der Waals surface area contributed by atoms with Crippen LogP contribution >= 0.6 is 0 Å². The maximum atomic E-state index is 11.6. The molecule has 0 aromatic heterocycles. The third-order valence-corrected chi connectivity index (χ3v) is 5.72. The Morgan fingerprint density at radius 2 is 0.935 bits per heavy atom. The number of phenolic OH excluding ortho intramolecular Hbond substituents is 1. The van der Waals surface area contributed by atoms with E-state index in [1.165, 1.54) is 12.2 Å². The minimum Gasteiger partial charge on any atom is -0.508 e. The van der Waals surface area contributed by atoms with Gasteiger partial charge in [0.05, 0.1) is 13.1 Å². The van der Waals surface area contributed by atoms with Gasteiger partial charge in [0.1, 0.15) is 17.2 Å². The molecule has 0 aliphatic heterocycles. The predicted octanol–water partition coefficient (Wildman–Crippen LogP) is 7.62. The minimum atomic E-state index is -0.443. The van der Waals surface area contributed by atoms with Gasteiger partial charge in [-0.05, 0) is 62.1 Å². The standard InChI is InChI=1S/C20H24N2O4.C8H12N2O2.C6H6O.CH4.H2/c23-19(25-17-11-5-3-6-12-17)21-15-9-1-2-10-16-22-20(24)26-18-13-7-4-8-14-18;11-7-9-5-3-1-2-4-6-10-8-12;7-6-4-2-1-3-5-6;;/h3-8,11-14H,1-2,9-10,15-16H2,(H,21,23)(H,22,24);1-6H2;1-5,7H;1H4;1H. The number of para-hydroxylation sites is 3. The van der Waals surface area contributed by atoms with Crippen LogP contribution in [0.15, 0.2) is 101 Å². The molecule has 3 aromatic rings. The molecule has 0 bridgehead atoms. The molecule has 11 nitrogen and oxygen atoms in total. The minimum absolute atomic E-state index is 0. The summed E-state index contributed by atoms with van der Waals surface area (Å²) >= 11 is 0. The largest absolute Gasteiger partial charge is 0.508 e. The summed E-state index contributed by atoms with van der Waals surface area (Å²) < 4.78 is 10.2. The Hall–Kier alpha value is -5.24. The first-order valence-electron chi connectivity index (χ1n) is 14.9. The number of hydrogen-bond donors (Lipinski definition) is 3. The Balaban J connectivity index is 0. The lowest BCUT2D eigenvalue weighted by molar-refractivity contribution is 0.198. The van der Waals surface area contributed by atoms with Gasteiger partial charge in [0.15, 0.2) is 0 Å². The molecule has 0 saturated carbocycles. The van der Waals surface area contributed by atoms with Crippen LogP contribution in [-0.4, -0.2) is 55.6 Å². The first kappa shape index (κ1) is 40.8. The number of rotatable bonds is 16. The molecule has 0 fully saturated rings. The number of benzene rings is 3. The van der Waals surface area contributed by atoms with Gasteiger partial charge >= 0.3 is 12.2 Å². The molecular weight excluding hydrogens is 588 g/mol. The van der Waals surface area contributed by atoms with E-state index in [1.54, 1.807) is 48.5 Å². The number of nitrogens with zero attached hydrogens (tertiary/aromatic N) is 2. The van der Waals surface area contributed by atoms with Crippen molar-refractivity contribution in [1.82, 2.24) is 10.6 Å². The molecule has 11 heteroatoms. The first-order chi connectivity index (χ1) is 22.0. The fraction of sp³-hybridized carbons (Fsp3) is 0.371. The van der Waals surface area contributed by atoms with E-state index in [4.69, 9.17) is 14.6 Å². The molecule has 0 heterocycles. The lowest BCUT2D eigenvalue weighted by Gasteiger charge is -2.07. The van der Waals surface area contributed by atoms with E-state index >= 15 is 0 Å². The molecule has 0 unspecified atom stereocenters. The Morgan fingerprint density at radius 3 is 1.26 bits per heavy atom. The summed E-state index contributed by atoms with van der Waals surface area (Å²) in [6.45, 7) is 2.24. The summed E-state index contributed by atoms with van der Waals surface area (Å²) in [5.41, 5.74) is 0. The van der Waals surface area contributed by atoms with Gasteiger partial charge in [-0.2, -0.15) is 0 Å². The van der Waals surface area contributed by atoms with Crippen molar-refractivity contribution in [2.45, 2.75) is 58.8 Å². The van der Waals surface area contributed by atoms with Crippen molar-refractivity contribution >= 4 is 24.3 Å². The highest BCUT2D eigenvalue weighted by Crippen LogP contribution is 2.09. The van der Waals surface area contributed by atoms with Gasteiger partial charge in [0, 0.05) is 14.5 Å². The molecule has 0 radical (unpaired) electrons. The highest BCUT2D eigenvalue weighted by atomic mass is 16.6. The number of isocyanates is 2. The van der Waals surface area contributed by atoms with Crippen LogP contribution in [0, 0.1) is 0 Å². The Bertz CT molecular complexity index is 1190. The van der Waals surface area contributed by atoms with Gasteiger partial charge < -0.3 is 25.2 Å². The van der Waals surface area contributed by atoms with E-state index < -0.39 is 12.2 Å². The van der Waals surface area contributed by atoms with Crippen LogP contribution in [0.1, 0.15) is 60.2 Å². The number of amides is 2. The van der Waals surface area contributed by atoms with Crippen LogP contribution in [0.4, 0.5) is 9.59 Å². The molecule has 3 rings (SSSR count). The van der Waals surface area contributed by atoms with Crippen LogP contribution in [0.5, 0.6) is 17.2 Å². The van der Waals surface area contributed by atoms with E-state index in [2.05, 4.69) is 20.6 Å². The zero-order valence-corrected chi connectivity index (χ0v) is 25.4. The highest BCUT2D eigenvalue weighted by molar-refractivity contribution is 5.70. The maximum Gasteiger partial charge on any atom is 0.412 e. The van der Waals surface area contributed by atoms with Gasteiger partial charge in [-0.1, -0.05) is 87.7 Å². The van der Waals surface area contributed by atoms with Gasteiger partial charge in [-0.15, -0.1) is 0 Å². The second-order valence-corrected chi connectivity index (χ2v) is 9.37. The molecule has 250 valence electrons. The number of aliphatic imine (C=N–C) groups is 2. The van der Waals surface area contributed by atoms with Crippen molar-refractivity contribution in [1.29, 1.82) is 0 Å². The van der Waals surface area contributed by atoms with Crippen molar-refractivity contribution in [2.75, 3.05) is 26.2 Å². The van der Waals surface area contributed by atoms with Crippen molar-refractivity contribution in [2.24, 2.45) is 9.98 Å². The maximum absolute atomic E-state index is 11.6. The molecule has 0 saturated heterocycles. The summed E-state index contributed by atoms with van der Waals surface area (Å²) in [4.78, 5) is 49.2. The predicted molar refractivity (Wildman–Crippen MR) is 181 cm³/mol. The molecule has 3 N–H and O–H groups in total. The quantitative estimate of drug-likeness (QED) is 0.0829. The highest BCUT2D eigenvalue weighted by Gasteiger charge is 2.04. The molecule has 0 spiro atoms. The van der Waals surface area contributed by atoms with Gasteiger partial charge in [0.2, 0.25) is 12.2 Å². The lowest BCUT2D eigenvalue weighted by atomic mass is 10.2. The SMILES string of the molecule is C.O=C(NCCCCCCNC(=O)Oc1ccccc1)Oc1ccccc1.O=C=NCCCCCCN=C=O.Oc1ccccc1.[HH]. The van der Waals surface area contributed by atoms with Crippen LogP contribution < -0.4 is 20.1 Å². The molecule has 0 atom stereocenters. The van der Waals surface area contributed by atoms with Crippen molar-refractivity contribution < 1.29 is 35.2 Å². The van der Waals surface area contributed by atoms with E-state index in [0.29, 0.717) is 43.4 Å².